The Morgan fingerprint density at radius 2 is 2.11 bits per heavy atom. The lowest BCUT2D eigenvalue weighted by molar-refractivity contribution is 0.199. The van der Waals surface area contributed by atoms with Crippen LogP contribution < -0.4 is 5.32 Å². The summed E-state index contributed by atoms with van der Waals surface area (Å²) in [4.78, 5) is 19.9. The number of halogens is 2. The fourth-order valence-corrected chi connectivity index (χ4v) is 6.31. The monoisotopic (exact) mass is 528 g/mol. The van der Waals surface area contributed by atoms with Crippen molar-refractivity contribution in [3.63, 3.8) is 0 Å². The van der Waals surface area contributed by atoms with Crippen molar-refractivity contribution in [2.24, 2.45) is 9.36 Å². The van der Waals surface area contributed by atoms with Crippen LogP contribution in [0.5, 0.6) is 0 Å². The lowest BCUT2D eigenvalue weighted by Gasteiger charge is -2.41. The summed E-state index contributed by atoms with van der Waals surface area (Å²) in [6, 6.07) is 8.95. The summed E-state index contributed by atoms with van der Waals surface area (Å²) in [7, 11) is -2.01. The van der Waals surface area contributed by atoms with Crippen LogP contribution in [0.1, 0.15) is 25.0 Å². The number of nitriles is 1. The normalized spacial score (nSPS) is 22.5. The molecule has 4 rings (SSSR count). The van der Waals surface area contributed by atoms with Crippen LogP contribution in [-0.2, 0) is 15.3 Å². The summed E-state index contributed by atoms with van der Waals surface area (Å²) in [5.74, 6) is -1.18. The smallest absolute Gasteiger partial charge is 0.410 e. The first kappa shape index (κ1) is 25.8. The minimum atomic E-state index is -3.30. The Kier molecular flexibility index (Phi) is 6.51. The molecule has 1 unspecified atom stereocenters. The van der Waals surface area contributed by atoms with Gasteiger partial charge in [0.15, 0.2) is 5.82 Å². The number of hydrogen-bond acceptors (Lipinski definition) is 8. The molecule has 3 aromatic rings. The largest absolute Gasteiger partial charge is 0.465 e. The molecule has 0 radical (unpaired) electrons. The predicted molar refractivity (Wildman–Crippen MR) is 131 cm³/mol. The Hall–Kier alpha value is -4.25. The number of pyridine rings is 1. The van der Waals surface area contributed by atoms with E-state index in [9.17, 15) is 18.5 Å². The zero-order valence-electron chi connectivity index (χ0n) is 20.0. The van der Waals surface area contributed by atoms with Gasteiger partial charge in [-0.3, -0.25) is 10.3 Å². The molecule has 2 atom stereocenters. The van der Waals surface area contributed by atoms with Crippen molar-refractivity contribution in [2.75, 3.05) is 19.5 Å². The second kappa shape index (κ2) is 9.32. The lowest BCUT2D eigenvalue weighted by Crippen LogP contribution is -2.58. The fraction of sp³-hybridized carbons (Fsp3) is 0.304. The van der Waals surface area contributed by atoms with Crippen molar-refractivity contribution in [1.82, 2.24) is 25.3 Å². The molecule has 11 nitrogen and oxygen atoms in total. The van der Waals surface area contributed by atoms with Gasteiger partial charge >= 0.3 is 6.09 Å². The fourth-order valence-electron chi connectivity index (χ4n) is 4.02. The molecule has 0 spiro atoms. The molecule has 0 saturated carbocycles. The molecule has 0 fully saturated rings. The van der Waals surface area contributed by atoms with Gasteiger partial charge in [0.1, 0.15) is 40.4 Å². The standard InChI is InChI=1S/C23H22F2N8O3S/c1-22(2)20(29-21(34)35)30-23(12-24,13-37(22,36)27-3)16-8-15(5-6-17(16)25)18-11-33(32-31-18)19-7-4-14(9-26)10-28-19/h4-8,10-11H,12-13H2,1-3H3,(H,29,30)(H,34,35)/t23-,37?/m0/s1. The number of nitrogens with zero attached hydrogens (tertiary/aromatic N) is 7. The van der Waals surface area contributed by atoms with Crippen molar-refractivity contribution in [2.45, 2.75) is 24.1 Å². The SMILES string of the molecule is CN=S1(=O)C[C@@](CF)(c2cc(-c3cn(-c4ccc(C#N)cn4)nn3)ccc2F)N=C(NC(=O)O)C1(C)C. The van der Waals surface area contributed by atoms with Crippen LogP contribution in [0.4, 0.5) is 13.6 Å². The quantitative estimate of drug-likeness (QED) is 0.526. The van der Waals surface area contributed by atoms with Crippen LogP contribution in [0.2, 0.25) is 0 Å². The van der Waals surface area contributed by atoms with Gasteiger partial charge in [-0.05, 0) is 44.2 Å². The zero-order valence-corrected chi connectivity index (χ0v) is 20.8. The Labute approximate surface area is 211 Å². The van der Waals surface area contributed by atoms with Crippen molar-refractivity contribution in [1.29, 1.82) is 5.26 Å². The van der Waals surface area contributed by atoms with Crippen LogP contribution in [0, 0.1) is 17.1 Å². The van der Waals surface area contributed by atoms with Gasteiger partial charge in [-0.15, -0.1) is 5.10 Å². The number of amidine groups is 1. The van der Waals surface area contributed by atoms with E-state index in [0.717, 1.165) is 6.07 Å². The maximum absolute atomic E-state index is 15.2. The highest BCUT2D eigenvalue weighted by atomic mass is 32.2. The molecule has 192 valence electrons. The number of rotatable bonds is 4. The molecule has 1 aromatic carbocycles. The Balaban J connectivity index is 1.84. The maximum Gasteiger partial charge on any atom is 0.410 e. The summed E-state index contributed by atoms with van der Waals surface area (Å²) in [5, 5.41) is 28.4. The Morgan fingerprint density at radius 3 is 2.70 bits per heavy atom. The van der Waals surface area contributed by atoms with Gasteiger partial charge in [0.25, 0.3) is 0 Å². The van der Waals surface area contributed by atoms with Gasteiger partial charge < -0.3 is 5.11 Å². The van der Waals surface area contributed by atoms with E-state index in [0.29, 0.717) is 22.6 Å². The third kappa shape index (κ3) is 4.42. The van der Waals surface area contributed by atoms with E-state index in [1.165, 1.54) is 50.1 Å². The van der Waals surface area contributed by atoms with E-state index >= 15 is 4.39 Å². The second-order valence-electron chi connectivity index (χ2n) is 8.79. The van der Waals surface area contributed by atoms with Crippen molar-refractivity contribution >= 4 is 21.7 Å². The molecule has 1 amide bonds. The Bertz CT molecular complexity index is 1570. The third-order valence-corrected chi connectivity index (χ3v) is 9.48. The molecule has 3 heterocycles. The lowest BCUT2D eigenvalue weighted by atomic mass is 9.90. The predicted octanol–water partition coefficient (Wildman–Crippen LogP) is 3.06. The summed E-state index contributed by atoms with van der Waals surface area (Å²) < 4.78 is 47.8. The average Bonchev–Trinajstić information content (AvgIpc) is 3.37. The molecule has 37 heavy (non-hydrogen) atoms. The molecular weight excluding hydrogens is 506 g/mol. The molecule has 0 aliphatic carbocycles. The highest BCUT2D eigenvalue weighted by Gasteiger charge is 2.51. The van der Waals surface area contributed by atoms with E-state index in [4.69, 9.17) is 5.26 Å². The van der Waals surface area contributed by atoms with Crippen molar-refractivity contribution in [3.8, 4) is 23.1 Å². The highest BCUT2D eigenvalue weighted by molar-refractivity contribution is 7.95. The molecule has 1 aliphatic rings. The van der Waals surface area contributed by atoms with Crippen LogP contribution in [-0.4, -0.2) is 65.4 Å². The molecule has 2 N–H and O–H groups in total. The summed E-state index contributed by atoms with van der Waals surface area (Å²) in [6.45, 7) is 1.71. The van der Waals surface area contributed by atoms with E-state index in [-0.39, 0.29) is 11.4 Å². The number of aliphatic imine (C=N–C) groups is 1. The number of hydrogen-bond donors (Lipinski definition) is 2. The molecule has 0 saturated heterocycles. The van der Waals surface area contributed by atoms with Gasteiger partial charge in [-0.25, -0.2) is 31.8 Å². The topological polar surface area (TPSA) is 159 Å². The van der Waals surface area contributed by atoms with Crippen molar-refractivity contribution < 1.29 is 22.9 Å². The highest BCUT2D eigenvalue weighted by Crippen LogP contribution is 2.41. The average molecular weight is 529 g/mol. The minimum Gasteiger partial charge on any atom is -0.465 e. The maximum atomic E-state index is 15.2. The van der Waals surface area contributed by atoms with E-state index in [1.807, 2.05) is 6.07 Å². The van der Waals surface area contributed by atoms with Crippen molar-refractivity contribution in [3.05, 3.63) is 59.7 Å². The van der Waals surface area contributed by atoms with Gasteiger partial charge in [0.05, 0.1) is 27.2 Å². The summed E-state index contributed by atoms with van der Waals surface area (Å²) >= 11 is 0. The summed E-state index contributed by atoms with van der Waals surface area (Å²) in [5.41, 5.74) is -1.21. The molecule has 2 aromatic heterocycles. The number of carboxylic acid groups (broad SMARTS) is 1. The van der Waals surface area contributed by atoms with Gasteiger partial charge in [0, 0.05) is 24.4 Å². The Morgan fingerprint density at radius 1 is 1.35 bits per heavy atom. The van der Waals surface area contributed by atoms with Crippen LogP contribution in [0.25, 0.3) is 17.1 Å². The number of aromatic nitrogens is 4. The molecule has 0 bridgehead atoms. The first-order chi connectivity index (χ1) is 17.5. The van der Waals surface area contributed by atoms with E-state index in [2.05, 4.69) is 30.0 Å². The van der Waals surface area contributed by atoms with Crippen LogP contribution in [0.3, 0.4) is 0 Å². The minimum absolute atomic E-state index is 0.227. The van der Waals surface area contributed by atoms with E-state index < -0.39 is 44.4 Å². The summed E-state index contributed by atoms with van der Waals surface area (Å²) in [6.07, 6.45) is 1.41. The number of amides is 1. The molecule has 1 aliphatic heterocycles. The molecular formula is C23H22F2N8O3S. The van der Waals surface area contributed by atoms with Gasteiger partial charge in [-0.2, -0.15) is 5.26 Å². The number of carbonyl (C=O) groups is 1. The van der Waals surface area contributed by atoms with Crippen LogP contribution in [0.15, 0.2) is 52.1 Å². The molecule has 14 heteroatoms. The number of nitrogens with one attached hydrogen (secondary N) is 1. The number of alkyl halides is 1. The van der Waals surface area contributed by atoms with Gasteiger partial charge in [-0.1, -0.05) is 5.21 Å². The first-order valence-electron chi connectivity index (χ1n) is 10.9. The zero-order chi connectivity index (χ0) is 27.0. The van der Waals surface area contributed by atoms with Gasteiger partial charge in [0.2, 0.25) is 0 Å². The van der Waals surface area contributed by atoms with Crippen LogP contribution >= 0.6 is 0 Å². The first-order valence-corrected chi connectivity index (χ1v) is 12.5. The number of benzene rings is 1. The van der Waals surface area contributed by atoms with E-state index in [1.54, 1.807) is 12.1 Å². The third-order valence-electron chi connectivity index (χ3n) is 6.24. The second-order valence-corrected chi connectivity index (χ2v) is 11.7.